The van der Waals surface area contributed by atoms with E-state index in [1.165, 1.54) is 12.8 Å². The Morgan fingerprint density at radius 1 is 0.958 bits per heavy atom. The lowest BCUT2D eigenvalue weighted by molar-refractivity contribution is -0.141. The third-order valence-electron chi connectivity index (χ3n) is 5.41. The van der Waals surface area contributed by atoms with Gasteiger partial charge in [0.05, 0.1) is 6.54 Å². The summed E-state index contributed by atoms with van der Waals surface area (Å²) in [4.78, 5) is 31.2. The molecule has 2 heterocycles. The molecule has 0 bridgehead atoms. The summed E-state index contributed by atoms with van der Waals surface area (Å²) in [6.45, 7) is 6.99. The number of unbranched alkanes of at least 4 members (excludes halogenated alkanes) is 1. The maximum atomic E-state index is 12.7. The molecular formula is C19H35N3O2. The van der Waals surface area contributed by atoms with Crippen molar-refractivity contribution in [1.82, 2.24) is 14.7 Å². The molecule has 5 nitrogen and oxygen atoms in total. The summed E-state index contributed by atoms with van der Waals surface area (Å²) in [6.07, 6.45) is 8.75. The fraction of sp³-hybridized carbons (Fsp3) is 0.895. The number of hydrogen-bond donors (Lipinski definition) is 0. The summed E-state index contributed by atoms with van der Waals surface area (Å²) in [7, 11) is 2.02. The topological polar surface area (TPSA) is 43.9 Å². The largest absolute Gasteiger partial charge is 0.342 e. The highest BCUT2D eigenvalue weighted by Crippen LogP contribution is 2.22. The van der Waals surface area contributed by atoms with Gasteiger partial charge in [0, 0.05) is 32.1 Å². The van der Waals surface area contributed by atoms with Crippen LogP contribution in [0.1, 0.15) is 58.3 Å². The lowest BCUT2D eigenvalue weighted by atomic mass is 9.95. The molecule has 2 amide bonds. The van der Waals surface area contributed by atoms with Gasteiger partial charge in [-0.2, -0.15) is 0 Å². The standard InChI is InChI=1S/C19H35N3O2/c1-3-4-11-20(2)16-18(23)21-14-9-17(10-15-21)19(24)22-12-7-5-6-8-13-22/h17H,3-16H2,1-2H3. The third kappa shape index (κ3) is 5.76. The molecule has 2 aliphatic heterocycles. The molecule has 0 aromatic rings. The van der Waals surface area contributed by atoms with Crippen molar-refractivity contribution in [2.75, 3.05) is 46.3 Å². The molecule has 5 heteroatoms. The van der Waals surface area contributed by atoms with Crippen molar-refractivity contribution in [2.45, 2.75) is 58.3 Å². The van der Waals surface area contributed by atoms with Crippen LogP contribution in [0.5, 0.6) is 0 Å². The van der Waals surface area contributed by atoms with Crippen LogP contribution in [0, 0.1) is 5.92 Å². The van der Waals surface area contributed by atoms with Crippen molar-refractivity contribution >= 4 is 11.8 Å². The molecule has 138 valence electrons. The molecule has 0 aromatic heterocycles. The predicted octanol–water partition coefficient (Wildman–Crippen LogP) is 2.36. The predicted molar refractivity (Wildman–Crippen MR) is 96.8 cm³/mol. The zero-order chi connectivity index (χ0) is 17.4. The van der Waals surface area contributed by atoms with Crippen molar-refractivity contribution in [3.63, 3.8) is 0 Å². The number of carbonyl (C=O) groups excluding carboxylic acids is 2. The highest BCUT2D eigenvalue weighted by molar-refractivity contribution is 5.81. The number of carbonyl (C=O) groups is 2. The van der Waals surface area contributed by atoms with E-state index in [0.717, 1.165) is 71.2 Å². The summed E-state index contributed by atoms with van der Waals surface area (Å²) in [6, 6.07) is 0. The van der Waals surface area contributed by atoms with Gasteiger partial charge in [-0.1, -0.05) is 26.2 Å². The molecule has 0 radical (unpaired) electrons. The number of rotatable bonds is 6. The summed E-state index contributed by atoms with van der Waals surface area (Å²) in [5.74, 6) is 0.684. The second-order valence-corrected chi connectivity index (χ2v) is 7.49. The van der Waals surface area contributed by atoms with Gasteiger partial charge in [0.1, 0.15) is 0 Å². The molecule has 0 atom stereocenters. The quantitative estimate of drug-likeness (QED) is 0.747. The summed E-state index contributed by atoms with van der Waals surface area (Å²) >= 11 is 0. The van der Waals surface area contributed by atoms with Crippen LogP contribution < -0.4 is 0 Å². The summed E-state index contributed by atoms with van der Waals surface area (Å²) in [5, 5.41) is 0. The van der Waals surface area contributed by atoms with Gasteiger partial charge in [-0.15, -0.1) is 0 Å². The fourth-order valence-corrected chi connectivity index (χ4v) is 3.76. The Balaban J connectivity index is 1.73. The molecule has 0 saturated carbocycles. The molecule has 0 N–H and O–H groups in total. The Bertz CT molecular complexity index is 397. The maximum absolute atomic E-state index is 12.7. The SMILES string of the molecule is CCCCN(C)CC(=O)N1CCC(C(=O)N2CCCCCC2)CC1. The van der Waals surface area contributed by atoms with Crippen molar-refractivity contribution < 1.29 is 9.59 Å². The molecule has 0 spiro atoms. The van der Waals surface area contributed by atoms with Gasteiger partial charge in [-0.3, -0.25) is 14.5 Å². The van der Waals surface area contributed by atoms with Crippen LogP contribution in [0.4, 0.5) is 0 Å². The minimum Gasteiger partial charge on any atom is -0.342 e. The van der Waals surface area contributed by atoms with E-state index in [0.29, 0.717) is 12.5 Å². The average Bonchev–Trinajstić information content (AvgIpc) is 2.88. The van der Waals surface area contributed by atoms with Gasteiger partial charge in [0.15, 0.2) is 0 Å². The molecule has 2 aliphatic rings. The first-order chi connectivity index (χ1) is 11.6. The second-order valence-electron chi connectivity index (χ2n) is 7.49. The fourth-order valence-electron chi connectivity index (χ4n) is 3.76. The van der Waals surface area contributed by atoms with Crippen LogP contribution >= 0.6 is 0 Å². The van der Waals surface area contributed by atoms with Gasteiger partial charge < -0.3 is 9.80 Å². The molecule has 2 fully saturated rings. The van der Waals surface area contributed by atoms with E-state index >= 15 is 0 Å². The first kappa shape index (κ1) is 19.2. The number of nitrogens with zero attached hydrogens (tertiary/aromatic N) is 3. The van der Waals surface area contributed by atoms with Crippen molar-refractivity contribution in [3.05, 3.63) is 0 Å². The summed E-state index contributed by atoms with van der Waals surface area (Å²) < 4.78 is 0. The van der Waals surface area contributed by atoms with E-state index in [-0.39, 0.29) is 11.8 Å². The number of likely N-dealkylation sites (N-methyl/N-ethyl adjacent to an activating group) is 1. The van der Waals surface area contributed by atoms with E-state index in [1.54, 1.807) is 0 Å². The van der Waals surface area contributed by atoms with Gasteiger partial charge in [0.25, 0.3) is 0 Å². The van der Waals surface area contributed by atoms with Gasteiger partial charge in [-0.05, 0) is 45.7 Å². The lowest BCUT2D eigenvalue weighted by Gasteiger charge is -2.34. The summed E-state index contributed by atoms with van der Waals surface area (Å²) in [5.41, 5.74) is 0. The van der Waals surface area contributed by atoms with Crippen molar-refractivity contribution in [1.29, 1.82) is 0 Å². The monoisotopic (exact) mass is 337 g/mol. The lowest BCUT2D eigenvalue weighted by Crippen LogP contribution is -2.47. The Labute approximate surface area is 147 Å². The Kier molecular flexibility index (Phi) is 8.03. The van der Waals surface area contributed by atoms with Crippen LogP contribution in [0.25, 0.3) is 0 Å². The van der Waals surface area contributed by atoms with Crippen molar-refractivity contribution in [3.8, 4) is 0 Å². The number of likely N-dealkylation sites (tertiary alicyclic amines) is 2. The Morgan fingerprint density at radius 3 is 2.17 bits per heavy atom. The van der Waals surface area contributed by atoms with Crippen LogP contribution in [0.2, 0.25) is 0 Å². The Hall–Kier alpha value is -1.10. The molecule has 2 rings (SSSR count). The maximum Gasteiger partial charge on any atom is 0.236 e. The number of amides is 2. The highest BCUT2D eigenvalue weighted by atomic mass is 16.2. The average molecular weight is 338 g/mol. The molecule has 0 aliphatic carbocycles. The van der Waals surface area contributed by atoms with E-state index in [4.69, 9.17) is 0 Å². The molecule has 0 unspecified atom stereocenters. The van der Waals surface area contributed by atoms with Gasteiger partial charge in [-0.25, -0.2) is 0 Å². The highest BCUT2D eigenvalue weighted by Gasteiger charge is 2.30. The van der Waals surface area contributed by atoms with E-state index in [9.17, 15) is 9.59 Å². The normalized spacial score (nSPS) is 20.3. The molecule has 2 saturated heterocycles. The van der Waals surface area contributed by atoms with Crippen LogP contribution in [-0.4, -0.2) is 72.8 Å². The first-order valence-corrected chi connectivity index (χ1v) is 9.87. The number of hydrogen-bond acceptors (Lipinski definition) is 3. The zero-order valence-electron chi connectivity index (χ0n) is 15.6. The second kappa shape index (κ2) is 10.0. The van der Waals surface area contributed by atoms with E-state index < -0.39 is 0 Å². The van der Waals surface area contributed by atoms with Crippen LogP contribution in [-0.2, 0) is 9.59 Å². The van der Waals surface area contributed by atoms with E-state index in [1.807, 2.05) is 11.9 Å². The molecule has 0 aromatic carbocycles. The smallest absolute Gasteiger partial charge is 0.236 e. The van der Waals surface area contributed by atoms with Crippen LogP contribution in [0.3, 0.4) is 0 Å². The van der Waals surface area contributed by atoms with Crippen molar-refractivity contribution in [2.24, 2.45) is 5.92 Å². The minimum absolute atomic E-state index is 0.130. The molecular weight excluding hydrogens is 302 g/mol. The van der Waals surface area contributed by atoms with Gasteiger partial charge in [0.2, 0.25) is 11.8 Å². The zero-order valence-corrected chi connectivity index (χ0v) is 15.6. The number of piperidine rings is 1. The minimum atomic E-state index is 0.130. The third-order valence-corrected chi connectivity index (χ3v) is 5.41. The Morgan fingerprint density at radius 2 is 1.58 bits per heavy atom. The first-order valence-electron chi connectivity index (χ1n) is 9.87. The molecule has 24 heavy (non-hydrogen) atoms. The van der Waals surface area contributed by atoms with E-state index in [2.05, 4.69) is 16.7 Å². The van der Waals surface area contributed by atoms with Crippen LogP contribution in [0.15, 0.2) is 0 Å². The van der Waals surface area contributed by atoms with Gasteiger partial charge >= 0.3 is 0 Å².